The predicted molar refractivity (Wildman–Crippen MR) is 56.1 cm³/mol. The molecule has 0 bridgehead atoms. The van der Waals surface area contributed by atoms with Gasteiger partial charge in [0.15, 0.2) is 0 Å². The third-order valence-corrected chi connectivity index (χ3v) is 4.02. The molecule has 0 nitrogen and oxygen atoms in total. The van der Waals surface area contributed by atoms with E-state index in [1.165, 1.54) is 18.5 Å². The molecule has 0 N–H and O–H groups in total. The molecule has 0 atom stereocenters. The monoisotopic (exact) mass is 420 g/mol. The molecule has 0 aliphatic carbocycles. The van der Waals surface area contributed by atoms with Crippen LogP contribution in [0, 0.1) is 0 Å². The van der Waals surface area contributed by atoms with E-state index < -0.39 is 15.2 Å². The van der Waals surface area contributed by atoms with Crippen molar-refractivity contribution in [3.8, 4) is 0 Å². The molecule has 0 aromatic rings. The normalized spacial score (nSPS) is 10.6. The van der Waals surface area contributed by atoms with Crippen LogP contribution in [-0.4, -0.2) is 18.5 Å². The Hall–Kier alpha value is 2.04. The van der Waals surface area contributed by atoms with Gasteiger partial charge in [-0.2, -0.15) is 0 Å². The first-order valence-corrected chi connectivity index (χ1v) is 13.4. The molecule has 0 aliphatic rings. The van der Waals surface area contributed by atoms with E-state index in [-0.39, 0.29) is 0 Å². The number of halogens is 3. The van der Waals surface area contributed by atoms with Crippen molar-refractivity contribution in [3.05, 3.63) is 0 Å². The average Bonchev–Trinajstić information content (AvgIpc) is 1.90. The zero-order chi connectivity index (χ0) is 9.28. The summed E-state index contributed by atoms with van der Waals surface area (Å²) in [5.41, 5.74) is 0. The molecular formula is C6H15AuCl3P. The molecule has 0 heterocycles. The fourth-order valence-corrected chi connectivity index (χ4v) is 2.01. The van der Waals surface area contributed by atoms with E-state index in [1.54, 1.807) is 0 Å². The predicted octanol–water partition coefficient (Wildman–Crippen LogP) is 4.59. The summed E-state index contributed by atoms with van der Waals surface area (Å²) in [6.45, 7) is 6.87. The quantitative estimate of drug-likeness (QED) is 0.462. The van der Waals surface area contributed by atoms with Gasteiger partial charge in [0.05, 0.1) is 0 Å². The van der Waals surface area contributed by atoms with Gasteiger partial charge in [-0.3, -0.25) is 0 Å². The molecule has 11 heavy (non-hydrogen) atoms. The second-order valence-corrected chi connectivity index (χ2v) is 14.4. The van der Waals surface area contributed by atoms with E-state index in [9.17, 15) is 0 Å². The first kappa shape index (κ1) is 15.5. The number of hydrogen-bond acceptors (Lipinski definition) is 0. The van der Waals surface area contributed by atoms with Gasteiger partial charge in [0.25, 0.3) is 0 Å². The van der Waals surface area contributed by atoms with Crippen LogP contribution >= 0.6 is 35.5 Å². The summed E-state index contributed by atoms with van der Waals surface area (Å²) >= 11 is -1.79. The van der Waals surface area contributed by atoms with Gasteiger partial charge in [0.2, 0.25) is 0 Å². The Kier molecular flexibility index (Phi) is 17.0. The molecular weight excluding hydrogens is 406 g/mol. The van der Waals surface area contributed by atoms with Crippen molar-refractivity contribution in [3.63, 3.8) is 0 Å². The third kappa shape index (κ3) is 18.8. The van der Waals surface area contributed by atoms with Crippen molar-refractivity contribution in [2.24, 2.45) is 0 Å². The second kappa shape index (κ2) is 12.0. The van der Waals surface area contributed by atoms with E-state index >= 15 is 0 Å². The van der Waals surface area contributed by atoms with Crippen molar-refractivity contribution in [1.29, 1.82) is 0 Å². The maximum atomic E-state index is 4.95. The first-order chi connectivity index (χ1) is 5.08. The molecule has 76 valence electrons. The fourth-order valence-electron chi connectivity index (χ4n) is 0.671. The van der Waals surface area contributed by atoms with Crippen molar-refractivity contribution < 1.29 is 15.2 Å². The standard InChI is InChI=1S/C6H15P.Au.3ClH/c1-4-7(5-2)6-3;;;;/h4-6H2,1-3H3;;3*1H/q;+3;;;/p-3. The zero-order valence-electron chi connectivity index (χ0n) is 7.00. The van der Waals surface area contributed by atoms with Crippen LogP contribution in [0.15, 0.2) is 0 Å². The molecule has 0 aromatic carbocycles. The van der Waals surface area contributed by atoms with Crippen LogP contribution in [0.4, 0.5) is 0 Å². The van der Waals surface area contributed by atoms with Gasteiger partial charge < -0.3 is 0 Å². The van der Waals surface area contributed by atoms with Crippen LogP contribution in [0.1, 0.15) is 20.8 Å². The van der Waals surface area contributed by atoms with E-state index in [1.807, 2.05) is 0 Å². The van der Waals surface area contributed by atoms with Gasteiger partial charge in [0, 0.05) is 0 Å². The topological polar surface area (TPSA) is 0 Å². The first-order valence-electron chi connectivity index (χ1n) is 3.41. The van der Waals surface area contributed by atoms with Gasteiger partial charge in [-0.05, 0) is 18.5 Å². The van der Waals surface area contributed by atoms with Crippen molar-refractivity contribution in [1.82, 2.24) is 0 Å². The van der Waals surface area contributed by atoms with E-state index in [0.29, 0.717) is 7.92 Å². The third-order valence-electron chi connectivity index (χ3n) is 1.34. The fraction of sp³-hybridized carbons (Fsp3) is 1.00. The van der Waals surface area contributed by atoms with Crippen LogP contribution in [0.3, 0.4) is 0 Å². The van der Waals surface area contributed by atoms with Crippen LogP contribution in [0.25, 0.3) is 0 Å². The Labute approximate surface area is 89.3 Å². The summed E-state index contributed by atoms with van der Waals surface area (Å²) in [6, 6.07) is 0. The minimum absolute atomic E-state index is 0.446. The summed E-state index contributed by atoms with van der Waals surface area (Å²) in [5, 5.41) is 0. The number of rotatable bonds is 3. The van der Waals surface area contributed by atoms with Gasteiger partial charge >= 0.3 is 42.8 Å². The second-order valence-electron chi connectivity index (χ2n) is 1.75. The molecule has 0 saturated carbocycles. The Morgan fingerprint density at radius 3 is 1.09 bits per heavy atom. The maximum absolute atomic E-state index is 4.95. The minimum atomic E-state index is -1.79. The summed E-state index contributed by atoms with van der Waals surface area (Å²) in [4.78, 5) is 0. The van der Waals surface area contributed by atoms with E-state index in [0.717, 1.165) is 0 Å². The van der Waals surface area contributed by atoms with Crippen LogP contribution in [0.5, 0.6) is 0 Å². The van der Waals surface area contributed by atoms with Crippen LogP contribution in [-0.2, 0) is 15.2 Å². The Morgan fingerprint density at radius 2 is 1.09 bits per heavy atom. The Morgan fingerprint density at radius 1 is 0.909 bits per heavy atom. The van der Waals surface area contributed by atoms with Crippen molar-refractivity contribution in [2.75, 3.05) is 18.5 Å². The molecule has 0 aromatic heterocycles. The molecule has 5 heteroatoms. The molecule has 0 fully saturated rings. The van der Waals surface area contributed by atoms with Crippen molar-refractivity contribution in [2.45, 2.75) is 20.8 Å². The van der Waals surface area contributed by atoms with Crippen molar-refractivity contribution >= 4 is 35.5 Å². The van der Waals surface area contributed by atoms with Gasteiger partial charge in [-0.15, -0.1) is 7.92 Å². The molecule has 0 amide bonds. The van der Waals surface area contributed by atoms with Crippen LogP contribution in [0.2, 0.25) is 0 Å². The van der Waals surface area contributed by atoms with Gasteiger partial charge in [-0.25, -0.2) is 0 Å². The summed E-state index contributed by atoms with van der Waals surface area (Å²) in [5.74, 6) is 0. The van der Waals surface area contributed by atoms with Crippen LogP contribution < -0.4 is 0 Å². The SMILES string of the molecule is CCP(CC)CC.[Cl][Au]([Cl])[Cl]. The molecule has 0 radical (unpaired) electrons. The van der Waals surface area contributed by atoms with Gasteiger partial charge in [-0.1, -0.05) is 20.8 Å². The Balaban J connectivity index is 0. The summed E-state index contributed by atoms with van der Waals surface area (Å²) in [6.07, 6.45) is 4.26. The molecule has 0 rings (SSSR count). The molecule has 0 saturated heterocycles. The number of hydrogen-bond donors (Lipinski definition) is 0. The molecule has 0 spiro atoms. The average molecular weight is 421 g/mol. The van der Waals surface area contributed by atoms with E-state index in [2.05, 4.69) is 20.8 Å². The molecule has 0 unspecified atom stereocenters. The van der Waals surface area contributed by atoms with Gasteiger partial charge in [0.1, 0.15) is 0 Å². The van der Waals surface area contributed by atoms with E-state index in [4.69, 9.17) is 27.6 Å². The summed E-state index contributed by atoms with van der Waals surface area (Å²) in [7, 11) is 15.3. The molecule has 0 aliphatic heterocycles. The zero-order valence-corrected chi connectivity index (χ0v) is 12.3. The Bertz CT molecular complexity index is 60.6. The summed E-state index contributed by atoms with van der Waals surface area (Å²) < 4.78 is 0.